The van der Waals surface area contributed by atoms with E-state index in [9.17, 15) is 0 Å². The molecule has 0 unspecified atom stereocenters. The molecule has 0 rings (SSSR count). The summed E-state index contributed by atoms with van der Waals surface area (Å²) in [6.45, 7) is 9.75. The van der Waals surface area contributed by atoms with E-state index < -0.39 is 7.26 Å². The highest BCUT2D eigenvalue weighted by Gasteiger charge is 2.15. The van der Waals surface area contributed by atoms with Crippen molar-refractivity contribution < 1.29 is 17.0 Å². The molecule has 0 aliphatic heterocycles. The number of hydrogen-bond acceptors (Lipinski definition) is 0. The third-order valence-corrected chi connectivity index (χ3v) is 9.09. The van der Waals surface area contributed by atoms with Crippen LogP contribution in [0.4, 0.5) is 0 Å². The van der Waals surface area contributed by atoms with Gasteiger partial charge in [-0.15, -0.1) is 0 Å². The molecule has 0 aliphatic carbocycles. The second kappa shape index (κ2) is 30.1. The Morgan fingerprint density at radius 3 is 0.647 bits per heavy atom. The van der Waals surface area contributed by atoms with Crippen molar-refractivity contribution in [2.45, 2.75) is 180 Å². The molecule has 0 bridgehead atoms. The molecule has 0 aromatic rings. The zero-order valence-electron chi connectivity index (χ0n) is 24.6. The Morgan fingerprint density at radius 1 is 0.294 bits per heavy atom. The molecule has 0 saturated heterocycles. The van der Waals surface area contributed by atoms with Gasteiger partial charge in [0.25, 0.3) is 0 Å². The maximum atomic E-state index is 2.48. The topological polar surface area (TPSA) is 0 Å². The van der Waals surface area contributed by atoms with Gasteiger partial charge in [0.1, 0.15) is 0 Å². The monoisotopic (exact) mass is 562 g/mol. The van der Waals surface area contributed by atoms with Gasteiger partial charge in [-0.05, 0) is 12.8 Å². The summed E-state index contributed by atoms with van der Waals surface area (Å²) in [6.07, 6.45) is 41.6. The zero-order valence-corrected chi connectivity index (χ0v) is 27.1. The Bertz CT molecular complexity index is 349. The molecule has 34 heavy (non-hydrogen) atoms. The summed E-state index contributed by atoms with van der Waals surface area (Å²) < 4.78 is 0. The first-order chi connectivity index (χ1) is 16.1. The number of halogens is 1. The lowest BCUT2D eigenvalue weighted by Gasteiger charge is -2.10. The first-order valence-corrected chi connectivity index (χ1v) is 19.2. The van der Waals surface area contributed by atoms with E-state index in [-0.39, 0.29) is 17.0 Å². The Balaban J connectivity index is 0. The van der Waals surface area contributed by atoms with Crippen LogP contribution in [-0.2, 0) is 0 Å². The van der Waals surface area contributed by atoms with Crippen molar-refractivity contribution >= 4 is 7.26 Å². The summed E-state index contributed by atoms with van der Waals surface area (Å²) in [5.41, 5.74) is 0. The maximum absolute atomic E-state index is 2.48. The molecule has 0 saturated carbocycles. The molecule has 2 heteroatoms. The van der Waals surface area contributed by atoms with E-state index in [2.05, 4.69) is 26.9 Å². The van der Waals surface area contributed by atoms with Gasteiger partial charge in [0.05, 0.1) is 6.16 Å². The molecule has 0 aromatic heterocycles. The minimum absolute atomic E-state index is 0. The van der Waals surface area contributed by atoms with Crippen LogP contribution in [0.25, 0.3) is 0 Å². The maximum Gasteiger partial charge on any atom is 0.0586 e. The number of rotatable bonds is 28. The molecule has 0 aromatic carbocycles. The SMILES string of the molecule is CCCCCCCCCCCCCCCCCCCCCCCCCCCCC[P+](C)(C)C.[Br-]. The fourth-order valence-electron chi connectivity index (χ4n) is 5.08. The Morgan fingerprint density at radius 2 is 0.471 bits per heavy atom. The van der Waals surface area contributed by atoms with Crippen LogP contribution < -0.4 is 17.0 Å². The van der Waals surface area contributed by atoms with Crippen LogP contribution >= 0.6 is 7.26 Å². The van der Waals surface area contributed by atoms with Crippen molar-refractivity contribution in [1.82, 2.24) is 0 Å². The van der Waals surface area contributed by atoms with Gasteiger partial charge in [-0.2, -0.15) is 0 Å². The molecule has 0 heterocycles. The predicted octanol–water partition coefficient (Wildman–Crippen LogP) is 9.45. The Hall–Kier alpha value is 0.910. The lowest BCUT2D eigenvalue weighted by molar-refractivity contribution is -0.00000763. The van der Waals surface area contributed by atoms with Crippen molar-refractivity contribution in [2.24, 2.45) is 0 Å². The zero-order chi connectivity index (χ0) is 24.3. The minimum atomic E-state index is -0.516. The highest BCUT2D eigenvalue weighted by molar-refractivity contribution is 7.73. The summed E-state index contributed by atoms with van der Waals surface area (Å²) in [7, 11) is -0.516. The fourth-order valence-corrected chi connectivity index (χ4v) is 6.25. The average molecular weight is 564 g/mol. The van der Waals surface area contributed by atoms with E-state index in [1.807, 2.05) is 0 Å². The number of unbranched alkanes of at least 4 members (excludes halogenated alkanes) is 26. The summed E-state index contributed by atoms with van der Waals surface area (Å²) in [4.78, 5) is 0. The van der Waals surface area contributed by atoms with Crippen molar-refractivity contribution in [2.75, 3.05) is 26.2 Å². The molecular weight excluding hydrogens is 495 g/mol. The fraction of sp³-hybridized carbons (Fsp3) is 1.00. The third-order valence-electron chi connectivity index (χ3n) is 7.43. The van der Waals surface area contributed by atoms with Gasteiger partial charge < -0.3 is 17.0 Å². The van der Waals surface area contributed by atoms with Crippen LogP contribution in [0.15, 0.2) is 0 Å². The smallest absolute Gasteiger partial charge is 0.0586 e. The molecule has 0 aliphatic rings. The molecule has 0 radical (unpaired) electrons. The van der Waals surface area contributed by atoms with E-state index in [0.29, 0.717) is 0 Å². The largest absolute Gasteiger partial charge is 1.00 e. The van der Waals surface area contributed by atoms with Gasteiger partial charge in [-0.1, -0.05) is 167 Å². The first kappa shape index (κ1) is 37.1. The normalized spacial score (nSPS) is 11.6. The number of hydrogen-bond donors (Lipinski definition) is 0. The minimum Gasteiger partial charge on any atom is -1.00 e. The van der Waals surface area contributed by atoms with Crippen LogP contribution in [-0.4, -0.2) is 26.2 Å². The van der Waals surface area contributed by atoms with Crippen LogP contribution in [0.1, 0.15) is 180 Å². The standard InChI is InChI=1S/C32H68P.BrH/c1-5-6-7-8-9-10-11-12-13-14-15-16-17-18-19-20-21-22-23-24-25-26-27-28-29-30-31-32-33(2,3)4;/h5-32H2,1-4H3;1H/q+1;/p-1. The van der Waals surface area contributed by atoms with E-state index in [1.54, 1.807) is 0 Å². The van der Waals surface area contributed by atoms with E-state index >= 15 is 0 Å². The van der Waals surface area contributed by atoms with Crippen LogP contribution in [0, 0.1) is 0 Å². The van der Waals surface area contributed by atoms with Gasteiger partial charge in [0.15, 0.2) is 0 Å². The lowest BCUT2D eigenvalue weighted by atomic mass is 10.0. The third kappa shape index (κ3) is 35.1. The van der Waals surface area contributed by atoms with Crippen LogP contribution in [0.2, 0.25) is 0 Å². The van der Waals surface area contributed by atoms with Gasteiger partial charge >= 0.3 is 0 Å². The predicted molar refractivity (Wildman–Crippen MR) is 160 cm³/mol. The highest BCUT2D eigenvalue weighted by atomic mass is 79.9. The van der Waals surface area contributed by atoms with Gasteiger partial charge in [0, 0.05) is 27.3 Å². The van der Waals surface area contributed by atoms with Crippen LogP contribution in [0.3, 0.4) is 0 Å². The van der Waals surface area contributed by atoms with Crippen molar-refractivity contribution in [3.05, 3.63) is 0 Å². The van der Waals surface area contributed by atoms with Gasteiger partial charge in [-0.25, -0.2) is 0 Å². The first-order valence-electron chi connectivity index (χ1n) is 15.9. The van der Waals surface area contributed by atoms with E-state index in [1.165, 1.54) is 180 Å². The van der Waals surface area contributed by atoms with Crippen molar-refractivity contribution in [3.8, 4) is 0 Å². The van der Waals surface area contributed by atoms with E-state index in [4.69, 9.17) is 0 Å². The summed E-state index contributed by atoms with van der Waals surface area (Å²) in [6, 6.07) is 0. The highest BCUT2D eigenvalue weighted by Crippen LogP contribution is 2.47. The molecule has 0 amide bonds. The average Bonchev–Trinajstić information content (AvgIpc) is 2.78. The van der Waals surface area contributed by atoms with Gasteiger partial charge in [-0.3, -0.25) is 0 Å². The molecule has 0 N–H and O–H groups in total. The second-order valence-corrected chi connectivity index (χ2v) is 17.2. The molecule has 0 fully saturated rings. The second-order valence-electron chi connectivity index (χ2n) is 12.2. The Kier molecular flexibility index (Phi) is 32.9. The van der Waals surface area contributed by atoms with Crippen LogP contribution in [0.5, 0.6) is 0 Å². The van der Waals surface area contributed by atoms with Gasteiger partial charge in [0.2, 0.25) is 0 Å². The molecular formula is C32H68BrP. The van der Waals surface area contributed by atoms with Crippen molar-refractivity contribution in [1.29, 1.82) is 0 Å². The quantitative estimate of drug-likeness (QED) is 0.0657. The summed E-state index contributed by atoms with van der Waals surface area (Å²) in [5.74, 6) is 0. The molecule has 0 nitrogen and oxygen atoms in total. The Labute approximate surface area is 230 Å². The molecule has 208 valence electrons. The van der Waals surface area contributed by atoms with E-state index in [0.717, 1.165) is 0 Å². The molecule has 0 spiro atoms. The van der Waals surface area contributed by atoms with Crippen molar-refractivity contribution in [3.63, 3.8) is 0 Å². The molecule has 0 atom stereocenters. The summed E-state index contributed by atoms with van der Waals surface area (Å²) in [5, 5.41) is 0. The summed E-state index contributed by atoms with van der Waals surface area (Å²) >= 11 is 0. The lowest BCUT2D eigenvalue weighted by Crippen LogP contribution is -3.00.